The first-order valence-corrected chi connectivity index (χ1v) is 10.3. The van der Waals surface area contributed by atoms with E-state index < -0.39 is 10.1 Å². The Balaban J connectivity index is 1.56. The minimum atomic E-state index is -3.95. The second kappa shape index (κ2) is 7.98. The van der Waals surface area contributed by atoms with Gasteiger partial charge in [-0.2, -0.15) is 8.42 Å². The molecule has 2 aromatic heterocycles. The molecule has 6 nitrogen and oxygen atoms in total. The predicted octanol–water partition coefficient (Wildman–Crippen LogP) is 4.63. The van der Waals surface area contributed by atoms with Crippen molar-refractivity contribution in [1.82, 2.24) is 15.0 Å². The Bertz CT molecular complexity index is 1230. The largest absolute Gasteiger partial charge is 0.379 e. The molecule has 0 aliphatic carbocycles. The molecule has 0 fully saturated rings. The van der Waals surface area contributed by atoms with Crippen molar-refractivity contribution in [3.63, 3.8) is 0 Å². The Morgan fingerprint density at radius 3 is 2.21 bits per heavy atom. The lowest BCUT2D eigenvalue weighted by atomic mass is 10.2. The highest BCUT2D eigenvalue weighted by molar-refractivity contribution is 7.87. The molecule has 2 heterocycles. The molecule has 0 saturated heterocycles. The monoisotopic (exact) mass is 423 g/mol. The van der Waals surface area contributed by atoms with Crippen LogP contribution in [0.3, 0.4) is 0 Å². The van der Waals surface area contributed by atoms with E-state index in [0.717, 1.165) is 11.3 Å². The molecule has 0 N–H and O–H groups in total. The first-order chi connectivity index (χ1) is 14.0. The topological polar surface area (TPSA) is 82.0 Å². The third-order valence-corrected chi connectivity index (χ3v) is 5.52. The van der Waals surface area contributed by atoms with Crippen LogP contribution in [0.4, 0.5) is 0 Å². The van der Waals surface area contributed by atoms with Crippen LogP contribution >= 0.6 is 11.6 Å². The van der Waals surface area contributed by atoms with Crippen molar-refractivity contribution in [3.05, 3.63) is 90.2 Å². The zero-order valence-electron chi connectivity index (χ0n) is 14.9. The van der Waals surface area contributed by atoms with E-state index in [9.17, 15) is 8.42 Å². The molecule has 0 unspecified atom stereocenters. The Morgan fingerprint density at radius 1 is 0.759 bits per heavy atom. The van der Waals surface area contributed by atoms with Crippen LogP contribution in [0.15, 0.2) is 90.1 Å². The highest BCUT2D eigenvalue weighted by atomic mass is 35.5. The second-order valence-electron chi connectivity index (χ2n) is 6.00. The number of hydrogen-bond donors (Lipinski definition) is 0. The van der Waals surface area contributed by atoms with Crippen molar-refractivity contribution in [2.24, 2.45) is 0 Å². The molecule has 8 heteroatoms. The van der Waals surface area contributed by atoms with Gasteiger partial charge in [-0.05, 0) is 66.7 Å². The number of aromatic nitrogens is 3. The minimum absolute atomic E-state index is 0.0253. The number of halogens is 1. The van der Waals surface area contributed by atoms with Gasteiger partial charge >= 0.3 is 10.1 Å². The maximum absolute atomic E-state index is 12.4. The average Bonchev–Trinajstić information content (AvgIpc) is 2.75. The van der Waals surface area contributed by atoms with Crippen LogP contribution in [0.25, 0.3) is 22.8 Å². The molecule has 0 bridgehead atoms. The summed E-state index contributed by atoms with van der Waals surface area (Å²) in [6.45, 7) is 0. The smallest absolute Gasteiger partial charge is 0.339 e. The zero-order valence-corrected chi connectivity index (χ0v) is 16.5. The second-order valence-corrected chi connectivity index (χ2v) is 7.98. The van der Waals surface area contributed by atoms with Crippen LogP contribution in [0.1, 0.15) is 0 Å². The van der Waals surface area contributed by atoms with Gasteiger partial charge in [0.1, 0.15) is 10.6 Å². The van der Waals surface area contributed by atoms with Crippen molar-refractivity contribution >= 4 is 21.7 Å². The molecule has 0 aliphatic rings. The van der Waals surface area contributed by atoms with Crippen LogP contribution in [0, 0.1) is 0 Å². The summed E-state index contributed by atoms with van der Waals surface area (Å²) in [4.78, 5) is 13.1. The van der Waals surface area contributed by atoms with Crippen LogP contribution in [0.2, 0.25) is 5.02 Å². The van der Waals surface area contributed by atoms with Gasteiger partial charge in [0.15, 0.2) is 5.82 Å². The third kappa shape index (κ3) is 4.42. The van der Waals surface area contributed by atoms with E-state index in [4.69, 9.17) is 15.8 Å². The number of benzene rings is 2. The number of pyridine rings is 1. The van der Waals surface area contributed by atoms with Crippen molar-refractivity contribution in [2.75, 3.05) is 0 Å². The van der Waals surface area contributed by atoms with E-state index in [0.29, 0.717) is 16.5 Å². The average molecular weight is 424 g/mol. The molecule has 144 valence electrons. The SMILES string of the molecule is O=S(=O)(Oc1ccc(-c2nccc(-c3ccccn3)n2)cc1)c1ccc(Cl)cc1. The number of nitrogens with zero attached hydrogens (tertiary/aromatic N) is 3. The van der Waals surface area contributed by atoms with Crippen molar-refractivity contribution in [2.45, 2.75) is 4.90 Å². The zero-order chi connectivity index (χ0) is 20.3. The lowest BCUT2D eigenvalue weighted by Gasteiger charge is -2.08. The van der Waals surface area contributed by atoms with Crippen LogP contribution in [-0.2, 0) is 10.1 Å². The molecule has 2 aromatic carbocycles. The number of hydrogen-bond acceptors (Lipinski definition) is 6. The minimum Gasteiger partial charge on any atom is -0.379 e. The molecule has 0 radical (unpaired) electrons. The quantitative estimate of drug-likeness (QED) is 0.435. The summed E-state index contributed by atoms with van der Waals surface area (Å²) in [7, 11) is -3.95. The molecule has 0 aliphatic heterocycles. The van der Waals surface area contributed by atoms with Crippen LogP contribution in [0.5, 0.6) is 5.75 Å². The summed E-state index contributed by atoms with van der Waals surface area (Å²) in [5.74, 6) is 0.685. The van der Waals surface area contributed by atoms with E-state index in [1.165, 1.54) is 24.3 Å². The highest BCUT2D eigenvalue weighted by Gasteiger charge is 2.16. The molecule has 4 rings (SSSR count). The van der Waals surface area contributed by atoms with E-state index in [1.54, 1.807) is 42.7 Å². The maximum Gasteiger partial charge on any atom is 0.339 e. The van der Waals surface area contributed by atoms with Crippen molar-refractivity contribution in [1.29, 1.82) is 0 Å². The molecule has 29 heavy (non-hydrogen) atoms. The Labute approximate surface area is 173 Å². The maximum atomic E-state index is 12.4. The Kier molecular flexibility index (Phi) is 5.24. The van der Waals surface area contributed by atoms with Gasteiger partial charge in [0.05, 0.1) is 11.4 Å². The molecular formula is C21H14ClN3O3S. The predicted molar refractivity (Wildman–Crippen MR) is 110 cm³/mol. The van der Waals surface area contributed by atoms with Crippen LogP contribution in [-0.4, -0.2) is 23.4 Å². The molecule has 0 saturated carbocycles. The van der Waals surface area contributed by atoms with E-state index in [-0.39, 0.29) is 10.6 Å². The summed E-state index contributed by atoms with van der Waals surface area (Å²) in [6.07, 6.45) is 3.35. The summed E-state index contributed by atoms with van der Waals surface area (Å²) in [6, 6.07) is 19.6. The number of rotatable bonds is 5. The molecule has 0 atom stereocenters. The fourth-order valence-corrected chi connectivity index (χ4v) is 3.65. The first kappa shape index (κ1) is 19.0. The highest BCUT2D eigenvalue weighted by Crippen LogP contribution is 2.24. The summed E-state index contributed by atoms with van der Waals surface area (Å²) >= 11 is 5.80. The summed E-state index contributed by atoms with van der Waals surface area (Å²) in [5.41, 5.74) is 2.16. The third-order valence-electron chi connectivity index (χ3n) is 4.00. The molecule has 0 spiro atoms. The Hall–Kier alpha value is -3.29. The van der Waals surface area contributed by atoms with E-state index in [1.807, 2.05) is 18.2 Å². The van der Waals surface area contributed by atoms with Gasteiger partial charge < -0.3 is 4.18 Å². The standard InChI is InChI=1S/C21H14ClN3O3S/c22-16-6-10-18(11-7-16)29(26,27)28-17-8-4-15(5-9-17)21-24-14-12-20(25-21)19-3-1-2-13-23-19/h1-14H. The molecule has 4 aromatic rings. The lowest BCUT2D eigenvalue weighted by Crippen LogP contribution is -2.09. The summed E-state index contributed by atoms with van der Waals surface area (Å²) < 4.78 is 29.9. The first-order valence-electron chi connectivity index (χ1n) is 8.56. The van der Waals surface area contributed by atoms with Gasteiger partial charge in [-0.15, -0.1) is 0 Å². The van der Waals surface area contributed by atoms with Crippen molar-refractivity contribution in [3.8, 4) is 28.5 Å². The van der Waals surface area contributed by atoms with Gasteiger partial charge in [-0.1, -0.05) is 17.7 Å². The Morgan fingerprint density at radius 2 is 1.52 bits per heavy atom. The van der Waals surface area contributed by atoms with E-state index >= 15 is 0 Å². The van der Waals surface area contributed by atoms with Gasteiger partial charge in [0.2, 0.25) is 0 Å². The fraction of sp³-hybridized carbons (Fsp3) is 0. The van der Waals surface area contributed by atoms with Gasteiger partial charge in [-0.3, -0.25) is 4.98 Å². The lowest BCUT2D eigenvalue weighted by molar-refractivity contribution is 0.486. The van der Waals surface area contributed by atoms with Gasteiger partial charge in [0.25, 0.3) is 0 Å². The van der Waals surface area contributed by atoms with E-state index in [2.05, 4.69) is 15.0 Å². The summed E-state index contributed by atoms with van der Waals surface area (Å²) in [5, 5.41) is 0.446. The van der Waals surface area contributed by atoms with Gasteiger partial charge in [-0.25, -0.2) is 9.97 Å². The molecular weight excluding hydrogens is 410 g/mol. The molecule has 0 amide bonds. The normalized spacial score (nSPS) is 11.2. The van der Waals surface area contributed by atoms with Crippen molar-refractivity contribution < 1.29 is 12.6 Å². The van der Waals surface area contributed by atoms with Crippen LogP contribution < -0.4 is 4.18 Å². The fourth-order valence-electron chi connectivity index (χ4n) is 2.59. The van der Waals surface area contributed by atoms with Gasteiger partial charge in [0, 0.05) is 23.0 Å².